The van der Waals surface area contributed by atoms with Crippen molar-refractivity contribution < 1.29 is 0 Å². The molecule has 0 aromatic heterocycles. The van der Waals surface area contributed by atoms with E-state index in [9.17, 15) is 0 Å². The third kappa shape index (κ3) is 1.48. The summed E-state index contributed by atoms with van der Waals surface area (Å²) in [4.78, 5) is 0. The van der Waals surface area contributed by atoms with Gasteiger partial charge >= 0.3 is 0 Å². The summed E-state index contributed by atoms with van der Waals surface area (Å²) in [6.45, 7) is 0. The number of benzene rings is 2. The van der Waals surface area contributed by atoms with Crippen LogP contribution in [0.5, 0.6) is 0 Å². The molecule has 0 spiro atoms. The van der Waals surface area contributed by atoms with Gasteiger partial charge in [0.25, 0.3) is 0 Å². The summed E-state index contributed by atoms with van der Waals surface area (Å²) >= 11 is 0. The third-order valence-corrected chi connectivity index (χ3v) is 2.99. The molecule has 0 N–H and O–H groups in total. The highest BCUT2D eigenvalue weighted by molar-refractivity contribution is 5.52. The van der Waals surface area contributed by atoms with Gasteiger partial charge in [-0.25, -0.2) is 0 Å². The fraction of sp³-hybridized carbons (Fsp3) is 0.143. The number of nitrogens with zero attached hydrogens (tertiary/aromatic N) is 2. The summed E-state index contributed by atoms with van der Waals surface area (Å²) in [5.41, 5.74) is 2.59. The van der Waals surface area contributed by atoms with Crippen LogP contribution in [0, 0.1) is 0 Å². The maximum Gasteiger partial charge on any atom is 0.140 e. The van der Waals surface area contributed by atoms with Crippen LogP contribution >= 0.6 is 0 Å². The van der Waals surface area contributed by atoms with Crippen molar-refractivity contribution in [3.8, 4) is 0 Å². The van der Waals surface area contributed by atoms with Crippen molar-refractivity contribution in [3.63, 3.8) is 0 Å². The van der Waals surface area contributed by atoms with E-state index < -0.39 is 0 Å². The number of hydrogen-bond donors (Lipinski definition) is 0. The van der Waals surface area contributed by atoms with Crippen molar-refractivity contribution in [2.75, 3.05) is 12.1 Å². The number of para-hydroxylation sites is 1. The van der Waals surface area contributed by atoms with Gasteiger partial charge in [0, 0.05) is 7.05 Å². The Morgan fingerprint density at radius 1 is 0.812 bits per heavy atom. The first-order valence-corrected chi connectivity index (χ1v) is 5.50. The average molecular weight is 210 g/mol. The number of anilines is 1. The Hall–Kier alpha value is -1.80. The Kier molecular flexibility index (Phi) is 2.15. The maximum absolute atomic E-state index is 2.29. The van der Waals surface area contributed by atoms with Crippen LogP contribution in [0.2, 0.25) is 0 Å². The van der Waals surface area contributed by atoms with Gasteiger partial charge in [-0.05, 0) is 17.7 Å². The molecule has 1 aliphatic rings. The fourth-order valence-corrected chi connectivity index (χ4v) is 2.14. The molecule has 3 rings (SSSR count). The second kappa shape index (κ2) is 3.65. The molecule has 1 heterocycles. The molecular weight excluding hydrogens is 196 g/mol. The standard InChI is InChI=1S/C14H14N2/c1-15-14(12-8-4-2-5-9-12)16(15)13-10-6-3-7-11-13/h2-11,14H,1H3. The smallest absolute Gasteiger partial charge is 0.140 e. The van der Waals surface area contributed by atoms with E-state index in [0.717, 1.165) is 0 Å². The molecule has 1 aliphatic heterocycles. The molecule has 2 atom stereocenters. The van der Waals surface area contributed by atoms with Crippen LogP contribution in [0.1, 0.15) is 11.7 Å². The summed E-state index contributed by atoms with van der Waals surface area (Å²) in [7, 11) is 2.12. The monoisotopic (exact) mass is 210 g/mol. The summed E-state index contributed by atoms with van der Waals surface area (Å²) in [5, 5.41) is 4.53. The van der Waals surface area contributed by atoms with E-state index >= 15 is 0 Å². The first kappa shape index (κ1) is 9.43. The summed E-state index contributed by atoms with van der Waals surface area (Å²) in [5.74, 6) is 0. The second-order valence-corrected chi connectivity index (χ2v) is 4.04. The summed E-state index contributed by atoms with van der Waals surface area (Å²) < 4.78 is 0. The molecule has 2 aromatic rings. The lowest BCUT2D eigenvalue weighted by molar-refractivity contribution is 0.619. The second-order valence-electron chi connectivity index (χ2n) is 4.04. The quantitative estimate of drug-likeness (QED) is 0.703. The zero-order valence-electron chi connectivity index (χ0n) is 9.25. The van der Waals surface area contributed by atoms with Crippen molar-refractivity contribution >= 4 is 5.69 Å². The van der Waals surface area contributed by atoms with E-state index in [0.29, 0.717) is 6.17 Å². The summed E-state index contributed by atoms with van der Waals surface area (Å²) in [6.07, 6.45) is 0.392. The van der Waals surface area contributed by atoms with E-state index in [1.54, 1.807) is 0 Å². The summed E-state index contributed by atoms with van der Waals surface area (Å²) in [6, 6.07) is 21.0. The zero-order chi connectivity index (χ0) is 11.0. The molecule has 1 fully saturated rings. The molecule has 2 unspecified atom stereocenters. The molecule has 2 heteroatoms. The van der Waals surface area contributed by atoms with Crippen LogP contribution < -0.4 is 5.01 Å². The van der Waals surface area contributed by atoms with Crippen LogP contribution in [0.3, 0.4) is 0 Å². The minimum Gasteiger partial charge on any atom is -0.280 e. The lowest BCUT2D eigenvalue weighted by Gasteiger charge is -2.02. The number of rotatable bonds is 2. The van der Waals surface area contributed by atoms with E-state index in [2.05, 4.69) is 71.7 Å². The lowest BCUT2D eigenvalue weighted by atomic mass is 10.2. The molecule has 0 aliphatic carbocycles. The molecule has 0 radical (unpaired) electrons. The molecule has 0 bridgehead atoms. The Morgan fingerprint density at radius 2 is 1.38 bits per heavy atom. The van der Waals surface area contributed by atoms with Gasteiger partial charge in [0.1, 0.15) is 6.17 Å². The molecular formula is C14H14N2. The van der Waals surface area contributed by atoms with Crippen molar-refractivity contribution in [1.82, 2.24) is 5.01 Å². The lowest BCUT2D eigenvalue weighted by Crippen LogP contribution is -1.98. The van der Waals surface area contributed by atoms with Gasteiger partial charge in [0.15, 0.2) is 0 Å². The predicted octanol–water partition coefficient (Wildman–Crippen LogP) is 3.05. The van der Waals surface area contributed by atoms with E-state index in [-0.39, 0.29) is 0 Å². The third-order valence-electron chi connectivity index (χ3n) is 2.99. The molecule has 1 saturated heterocycles. The maximum atomic E-state index is 2.29. The minimum absolute atomic E-state index is 0.392. The first-order chi connectivity index (χ1) is 7.88. The van der Waals surface area contributed by atoms with Crippen LogP contribution in [0.4, 0.5) is 5.69 Å². The van der Waals surface area contributed by atoms with Gasteiger partial charge in [-0.1, -0.05) is 48.5 Å². The molecule has 0 saturated carbocycles. The van der Waals surface area contributed by atoms with Gasteiger partial charge in [0.2, 0.25) is 0 Å². The zero-order valence-corrected chi connectivity index (χ0v) is 9.25. The van der Waals surface area contributed by atoms with Crippen LogP contribution in [0.15, 0.2) is 60.7 Å². The van der Waals surface area contributed by atoms with Crippen LogP contribution in [-0.4, -0.2) is 12.1 Å². The van der Waals surface area contributed by atoms with Crippen molar-refractivity contribution in [3.05, 3.63) is 66.2 Å². The Bertz CT molecular complexity index is 421. The highest BCUT2D eigenvalue weighted by Crippen LogP contribution is 2.43. The van der Waals surface area contributed by atoms with Gasteiger partial charge < -0.3 is 0 Å². The number of hydrazine groups is 1. The van der Waals surface area contributed by atoms with Crippen LogP contribution in [0.25, 0.3) is 0 Å². The SMILES string of the molecule is CN1C(c2ccccc2)N1c1ccccc1. The molecule has 80 valence electrons. The Balaban J connectivity index is 1.87. The Labute approximate surface area is 95.7 Å². The molecule has 2 nitrogen and oxygen atoms in total. The van der Waals surface area contributed by atoms with Crippen molar-refractivity contribution in [2.45, 2.75) is 6.17 Å². The highest BCUT2D eigenvalue weighted by atomic mass is 15.8. The van der Waals surface area contributed by atoms with Crippen molar-refractivity contribution in [2.24, 2.45) is 0 Å². The van der Waals surface area contributed by atoms with E-state index in [1.165, 1.54) is 11.3 Å². The van der Waals surface area contributed by atoms with Crippen LogP contribution in [-0.2, 0) is 0 Å². The fourth-order valence-electron chi connectivity index (χ4n) is 2.14. The molecule has 16 heavy (non-hydrogen) atoms. The Morgan fingerprint density at radius 3 is 2.00 bits per heavy atom. The minimum atomic E-state index is 0.392. The first-order valence-electron chi connectivity index (χ1n) is 5.50. The van der Waals surface area contributed by atoms with Gasteiger partial charge in [0.05, 0.1) is 5.69 Å². The van der Waals surface area contributed by atoms with E-state index in [1.807, 2.05) is 6.07 Å². The van der Waals surface area contributed by atoms with Gasteiger partial charge in [-0.3, -0.25) is 5.01 Å². The van der Waals surface area contributed by atoms with Crippen molar-refractivity contribution in [1.29, 1.82) is 0 Å². The largest absolute Gasteiger partial charge is 0.280 e. The predicted molar refractivity (Wildman–Crippen MR) is 65.9 cm³/mol. The molecule has 0 amide bonds. The topological polar surface area (TPSA) is 6.02 Å². The highest BCUT2D eigenvalue weighted by Gasteiger charge is 2.42. The van der Waals surface area contributed by atoms with E-state index in [4.69, 9.17) is 0 Å². The number of hydrogen-bond acceptors (Lipinski definition) is 2. The normalized spacial score (nSPS) is 23.2. The molecule has 2 aromatic carbocycles. The van der Waals surface area contributed by atoms with Gasteiger partial charge in [-0.15, -0.1) is 0 Å². The van der Waals surface area contributed by atoms with Gasteiger partial charge in [-0.2, -0.15) is 5.01 Å². The average Bonchev–Trinajstić information content (AvgIpc) is 3.03.